The third-order valence-corrected chi connectivity index (χ3v) is 22.4. The second-order valence-corrected chi connectivity index (χ2v) is 29.6. The minimum Gasteiger partial charge on any atom is -0.126 e. The van der Waals surface area contributed by atoms with Gasteiger partial charge in [-0.2, -0.15) is 0 Å². The highest BCUT2D eigenvalue weighted by atomic mass is 32.2. The van der Waals surface area contributed by atoms with Gasteiger partial charge < -0.3 is 0 Å². The van der Waals surface area contributed by atoms with Gasteiger partial charge in [0.25, 0.3) is 0 Å². The van der Waals surface area contributed by atoms with E-state index in [1.165, 1.54) is 63.5 Å². The lowest BCUT2D eigenvalue weighted by Gasteiger charge is -2.26. The summed E-state index contributed by atoms with van der Waals surface area (Å²) in [6, 6.07) is 2.97. The second-order valence-electron chi connectivity index (χ2n) is 13.3. The molecule has 0 nitrogen and oxygen atoms in total. The van der Waals surface area contributed by atoms with Gasteiger partial charge in [-0.1, -0.05) is 141 Å². The molecule has 206 valence electrons. The average Bonchev–Trinajstić information content (AvgIpc) is 3.43. The van der Waals surface area contributed by atoms with E-state index in [2.05, 4.69) is 103 Å². The molecule has 4 unspecified atom stereocenters. The van der Waals surface area contributed by atoms with Crippen LogP contribution in [0.25, 0.3) is 0 Å². The molecule has 2 heterocycles. The summed E-state index contributed by atoms with van der Waals surface area (Å²) in [5.41, 5.74) is 0. The monoisotopic (exact) mass is 594 g/mol. The van der Waals surface area contributed by atoms with Gasteiger partial charge in [-0.3, -0.25) is 0 Å². The van der Waals surface area contributed by atoms with Crippen molar-refractivity contribution in [3.8, 4) is 0 Å². The van der Waals surface area contributed by atoms with Gasteiger partial charge in [-0.05, 0) is 51.2 Å². The van der Waals surface area contributed by atoms with Crippen molar-refractivity contribution in [3.63, 3.8) is 0 Å². The maximum Gasteiger partial charge on any atom is 0.0857 e. The van der Waals surface area contributed by atoms with Crippen molar-refractivity contribution in [1.29, 1.82) is 0 Å². The van der Waals surface area contributed by atoms with E-state index in [4.69, 9.17) is 0 Å². The van der Waals surface area contributed by atoms with Crippen LogP contribution in [0.1, 0.15) is 79.1 Å². The van der Waals surface area contributed by atoms with E-state index in [9.17, 15) is 0 Å². The quantitative estimate of drug-likeness (QED) is 0.173. The van der Waals surface area contributed by atoms with Crippen molar-refractivity contribution >= 4 is 68.3 Å². The number of rotatable bonds is 15. The van der Waals surface area contributed by atoms with Crippen LogP contribution in [0.2, 0.25) is 51.4 Å². The molecule has 6 heteroatoms. The van der Waals surface area contributed by atoms with Gasteiger partial charge in [0.05, 0.1) is 16.1 Å². The molecular formula is C30H58S2Si4. The fourth-order valence-corrected chi connectivity index (χ4v) is 17.8. The van der Waals surface area contributed by atoms with Gasteiger partial charge >= 0.3 is 0 Å². The predicted octanol–water partition coefficient (Wildman–Crippen LogP) is 9.23. The lowest BCUT2D eigenvalue weighted by molar-refractivity contribution is 0.491. The van der Waals surface area contributed by atoms with E-state index in [1.807, 2.05) is 10.3 Å². The fourth-order valence-electron chi connectivity index (χ4n) is 5.12. The van der Waals surface area contributed by atoms with Crippen LogP contribution < -0.4 is 0 Å². The Hall–Kier alpha value is 0.788. The van der Waals surface area contributed by atoms with E-state index in [-0.39, 0.29) is 0 Å². The van der Waals surface area contributed by atoms with Crippen molar-refractivity contribution < 1.29 is 0 Å². The molecule has 36 heavy (non-hydrogen) atoms. The topological polar surface area (TPSA) is 0 Å². The maximum absolute atomic E-state index is 2.76. The molecule has 2 aliphatic rings. The third-order valence-electron chi connectivity index (χ3n) is 7.97. The molecule has 0 saturated heterocycles. The average molecular weight is 595 g/mol. The number of unbranched alkanes of at least 4 members (excludes halogenated alkanes) is 2. The molecule has 4 atom stereocenters. The minimum atomic E-state index is -1.28. The Labute approximate surface area is 241 Å². The first-order valence-corrected chi connectivity index (χ1v) is 26.7. The van der Waals surface area contributed by atoms with E-state index >= 15 is 0 Å². The Morgan fingerprint density at radius 3 is 1.31 bits per heavy atom. The van der Waals surface area contributed by atoms with E-state index in [1.54, 1.807) is 9.06 Å². The normalized spacial score (nSPS) is 24.9. The second kappa shape index (κ2) is 15.5. The van der Waals surface area contributed by atoms with Gasteiger partial charge in [0, 0.05) is 10.5 Å². The van der Waals surface area contributed by atoms with Crippen LogP contribution >= 0.6 is 23.5 Å². The van der Waals surface area contributed by atoms with E-state index < -0.39 is 16.1 Å². The highest BCUT2D eigenvalue weighted by molar-refractivity contribution is 8.11. The van der Waals surface area contributed by atoms with Crippen LogP contribution in [-0.2, 0) is 0 Å². The maximum atomic E-state index is 2.76. The largest absolute Gasteiger partial charge is 0.126 e. The molecule has 0 aromatic rings. The molecule has 0 saturated carbocycles. The summed E-state index contributed by atoms with van der Waals surface area (Å²) in [5, 5.41) is 5.26. The third kappa shape index (κ3) is 10.1. The first-order valence-electron chi connectivity index (χ1n) is 15.1. The molecule has 0 fully saturated rings. The van der Waals surface area contributed by atoms with Crippen molar-refractivity contribution in [2.45, 2.75) is 141 Å². The summed E-state index contributed by atoms with van der Waals surface area (Å²) in [6.45, 7) is 25.0. The predicted molar refractivity (Wildman–Crippen MR) is 186 cm³/mol. The van der Waals surface area contributed by atoms with Gasteiger partial charge in [-0.15, -0.1) is 23.5 Å². The van der Waals surface area contributed by atoms with Crippen LogP contribution in [0.3, 0.4) is 0 Å². The molecule has 0 aromatic heterocycles. The summed E-state index contributed by atoms with van der Waals surface area (Å²) in [4.78, 5) is 0. The summed E-state index contributed by atoms with van der Waals surface area (Å²) in [7, 11) is -1.70. The van der Waals surface area contributed by atoms with Gasteiger partial charge in [0.2, 0.25) is 0 Å². The standard InChI is InChI=1S/C30H58S2Si4/c1-11-15-17-23(13-3)21-33-25-19-27(35(5,6)7)31-29(25)30-26(20-28(32-30)36(8,9)10)34-22-24(14-4)18-16-12-2/h19-20,23-24,29-30,33-34H,11-18,21-22H2,1-10H3/b33-25+,34-26+. The zero-order valence-corrected chi connectivity index (χ0v) is 31.4. The molecule has 0 N–H and O–H groups in total. The Bertz CT molecular complexity index is 746. The summed E-state index contributed by atoms with van der Waals surface area (Å²) >= 11 is 4.66. The molecule has 0 spiro atoms. The van der Waals surface area contributed by atoms with E-state index in [0.29, 0.717) is 18.3 Å². The van der Waals surface area contributed by atoms with Crippen molar-refractivity contribution in [1.82, 2.24) is 0 Å². The van der Waals surface area contributed by atoms with Crippen LogP contribution in [0.4, 0.5) is 0 Å². The Morgan fingerprint density at radius 1 is 0.667 bits per heavy atom. The van der Waals surface area contributed by atoms with Crippen LogP contribution in [0, 0.1) is 11.8 Å². The molecular weight excluding hydrogens is 537 g/mol. The minimum absolute atomic E-state index is 0.429. The van der Waals surface area contributed by atoms with Crippen molar-refractivity contribution in [3.05, 3.63) is 21.2 Å². The first kappa shape index (κ1) is 33.0. The van der Waals surface area contributed by atoms with Gasteiger partial charge in [-0.25, -0.2) is 0 Å². The molecule has 0 amide bonds. The van der Waals surface area contributed by atoms with Gasteiger partial charge in [0.1, 0.15) is 0 Å². The SMILES string of the molecule is CCCCC(CC)C/[SiH]=C1\C=C([Si](C)(C)C)SC1C1SC([Si](C)(C)C)=C/C1=[SiH]\CC(CC)CCCC. The number of thioether (sulfide) groups is 2. The number of allylic oxidation sites excluding steroid dienone is 2. The number of hydrogen-bond donors (Lipinski definition) is 0. The van der Waals surface area contributed by atoms with E-state index in [0.717, 1.165) is 22.3 Å². The Balaban J connectivity index is 2.36. The van der Waals surface area contributed by atoms with Crippen molar-refractivity contribution in [2.75, 3.05) is 0 Å². The molecule has 0 aliphatic carbocycles. The molecule has 2 rings (SSSR count). The summed E-state index contributed by atoms with van der Waals surface area (Å²) in [6.07, 6.45) is 16.7. The highest BCUT2D eigenvalue weighted by Crippen LogP contribution is 2.47. The molecule has 0 bridgehead atoms. The first-order chi connectivity index (χ1) is 16.9. The van der Waals surface area contributed by atoms with Crippen LogP contribution in [-0.4, -0.2) is 55.2 Å². The Kier molecular flexibility index (Phi) is 14.2. The van der Waals surface area contributed by atoms with Crippen LogP contribution in [0.5, 0.6) is 0 Å². The summed E-state index contributed by atoms with van der Waals surface area (Å²) < 4.78 is 3.59. The van der Waals surface area contributed by atoms with Gasteiger partial charge in [0.15, 0.2) is 0 Å². The lowest BCUT2D eigenvalue weighted by Crippen LogP contribution is -2.33. The summed E-state index contributed by atoms with van der Waals surface area (Å²) in [5.74, 6) is 1.90. The van der Waals surface area contributed by atoms with Crippen molar-refractivity contribution in [2.24, 2.45) is 11.8 Å². The van der Waals surface area contributed by atoms with Crippen LogP contribution in [0.15, 0.2) is 21.2 Å². The molecule has 2 aliphatic heterocycles. The number of hydrogen-bond acceptors (Lipinski definition) is 2. The fraction of sp³-hybridized carbons (Fsp3) is 0.800. The highest BCUT2D eigenvalue weighted by Gasteiger charge is 2.40. The Morgan fingerprint density at radius 2 is 1.03 bits per heavy atom. The smallest absolute Gasteiger partial charge is 0.0857 e. The lowest BCUT2D eigenvalue weighted by atomic mass is 10.0. The zero-order valence-electron chi connectivity index (χ0n) is 25.5. The molecule has 0 radical (unpaired) electrons. The molecule has 0 aromatic carbocycles. The zero-order chi connectivity index (χ0) is 26.9.